The predicted molar refractivity (Wildman–Crippen MR) is 96.7 cm³/mol. The van der Waals surface area contributed by atoms with Gasteiger partial charge in [0.15, 0.2) is 6.61 Å². The lowest BCUT2D eigenvalue weighted by Crippen LogP contribution is -2.15. The number of rotatable bonds is 6. The van der Waals surface area contributed by atoms with Crippen LogP contribution in [-0.2, 0) is 16.1 Å². The summed E-state index contributed by atoms with van der Waals surface area (Å²) in [5, 5.41) is 3.92. The third-order valence-electron chi connectivity index (χ3n) is 3.80. The zero-order chi connectivity index (χ0) is 17.6. The van der Waals surface area contributed by atoms with Crippen LogP contribution < -0.4 is 0 Å². The standard InChI is InChI=1S/C19H17BrN2O3/c1-2-16(13-6-4-3-5-7-13)19(23)24-12-17-21-18(22-25-17)14-8-10-15(20)11-9-14/h3-11,16H,2,12H2,1H3/t16-/m1/s1. The van der Waals surface area contributed by atoms with E-state index in [0.717, 1.165) is 15.6 Å². The second kappa shape index (κ2) is 8.07. The Hall–Kier alpha value is -2.47. The minimum Gasteiger partial charge on any atom is -0.455 e. The third-order valence-corrected chi connectivity index (χ3v) is 4.33. The van der Waals surface area contributed by atoms with Crippen LogP contribution in [0.2, 0.25) is 0 Å². The van der Waals surface area contributed by atoms with Gasteiger partial charge in [0, 0.05) is 10.0 Å². The number of aromatic nitrogens is 2. The van der Waals surface area contributed by atoms with Crippen molar-refractivity contribution >= 4 is 21.9 Å². The van der Waals surface area contributed by atoms with Gasteiger partial charge in [-0.1, -0.05) is 58.3 Å². The normalized spacial score (nSPS) is 11.9. The molecule has 0 spiro atoms. The smallest absolute Gasteiger partial charge is 0.313 e. The summed E-state index contributed by atoms with van der Waals surface area (Å²) in [5.74, 6) is 0.148. The van der Waals surface area contributed by atoms with E-state index in [1.807, 2.05) is 61.5 Å². The fourth-order valence-corrected chi connectivity index (χ4v) is 2.75. The molecule has 0 fully saturated rings. The molecule has 2 aromatic carbocycles. The van der Waals surface area contributed by atoms with Crippen LogP contribution in [0.4, 0.5) is 0 Å². The van der Waals surface area contributed by atoms with Gasteiger partial charge in [-0.3, -0.25) is 4.79 Å². The van der Waals surface area contributed by atoms with Crippen molar-refractivity contribution in [2.24, 2.45) is 0 Å². The molecule has 0 saturated heterocycles. The Morgan fingerprint density at radius 3 is 2.56 bits per heavy atom. The molecule has 3 rings (SSSR count). The van der Waals surface area contributed by atoms with Gasteiger partial charge in [0.05, 0.1) is 5.92 Å². The van der Waals surface area contributed by atoms with E-state index in [9.17, 15) is 4.79 Å². The third kappa shape index (κ3) is 4.33. The number of carbonyl (C=O) groups excluding carboxylic acids is 1. The van der Waals surface area contributed by atoms with Crippen LogP contribution in [0, 0.1) is 0 Å². The molecule has 0 radical (unpaired) electrons. The molecule has 25 heavy (non-hydrogen) atoms. The Morgan fingerprint density at radius 1 is 1.16 bits per heavy atom. The Balaban J connectivity index is 1.63. The lowest BCUT2D eigenvalue weighted by molar-refractivity contribution is -0.147. The molecule has 0 amide bonds. The first kappa shape index (κ1) is 17.4. The fraction of sp³-hybridized carbons (Fsp3) is 0.211. The first-order chi connectivity index (χ1) is 12.2. The molecule has 0 aliphatic carbocycles. The van der Waals surface area contributed by atoms with Gasteiger partial charge in [-0.05, 0) is 36.2 Å². The van der Waals surface area contributed by atoms with Gasteiger partial charge >= 0.3 is 5.97 Å². The van der Waals surface area contributed by atoms with Gasteiger partial charge in [0.1, 0.15) is 0 Å². The average Bonchev–Trinajstić information content (AvgIpc) is 3.11. The molecule has 0 N–H and O–H groups in total. The highest BCUT2D eigenvalue weighted by Gasteiger charge is 2.21. The van der Waals surface area contributed by atoms with Crippen molar-refractivity contribution in [3.8, 4) is 11.4 Å². The Labute approximate surface area is 154 Å². The van der Waals surface area contributed by atoms with Crippen LogP contribution in [0.15, 0.2) is 63.6 Å². The maximum absolute atomic E-state index is 12.3. The number of benzene rings is 2. The monoisotopic (exact) mass is 400 g/mol. The topological polar surface area (TPSA) is 65.2 Å². The molecular formula is C19H17BrN2O3. The van der Waals surface area contributed by atoms with Crippen molar-refractivity contribution in [3.63, 3.8) is 0 Å². The van der Waals surface area contributed by atoms with Gasteiger partial charge in [0.2, 0.25) is 5.82 Å². The van der Waals surface area contributed by atoms with E-state index in [-0.39, 0.29) is 24.4 Å². The molecule has 6 heteroatoms. The average molecular weight is 401 g/mol. The predicted octanol–water partition coefficient (Wildman–Crippen LogP) is 4.74. The minimum absolute atomic E-state index is 0.0360. The van der Waals surface area contributed by atoms with Crippen LogP contribution in [0.5, 0.6) is 0 Å². The quantitative estimate of drug-likeness (QED) is 0.559. The summed E-state index contributed by atoms with van der Waals surface area (Å²) >= 11 is 3.38. The van der Waals surface area contributed by atoms with Crippen molar-refractivity contribution in [3.05, 3.63) is 70.5 Å². The van der Waals surface area contributed by atoms with Crippen LogP contribution >= 0.6 is 15.9 Å². The molecule has 1 heterocycles. The number of hydrogen-bond acceptors (Lipinski definition) is 5. The number of esters is 1. The second-order valence-corrected chi connectivity index (χ2v) is 6.41. The van der Waals surface area contributed by atoms with Crippen LogP contribution in [-0.4, -0.2) is 16.1 Å². The number of nitrogens with zero attached hydrogens (tertiary/aromatic N) is 2. The van der Waals surface area contributed by atoms with Gasteiger partial charge in [-0.2, -0.15) is 4.98 Å². The Morgan fingerprint density at radius 2 is 1.88 bits per heavy atom. The zero-order valence-electron chi connectivity index (χ0n) is 13.7. The molecule has 1 atom stereocenters. The van der Waals surface area contributed by atoms with Gasteiger partial charge < -0.3 is 9.26 Å². The number of hydrogen-bond donors (Lipinski definition) is 0. The number of halogens is 1. The SMILES string of the molecule is CC[C@@H](C(=O)OCc1nc(-c2ccc(Br)cc2)no1)c1ccccc1. The highest BCUT2D eigenvalue weighted by Crippen LogP contribution is 2.22. The van der Waals surface area contributed by atoms with Gasteiger partial charge in [-0.15, -0.1) is 0 Å². The van der Waals surface area contributed by atoms with Crippen molar-refractivity contribution in [1.29, 1.82) is 0 Å². The van der Waals surface area contributed by atoms with E-state index in [0.29, 0.717) is 12.2 Å². The van der Waals surface area contributed by atoms with E-state index >= 15 is 0 Å². The molecule has 0 aliphatic rings. The van der Waals surface area contributed by atoms with Gasteiger partial charge in [-0.25, -0.2) is 0 Å². The molecule has 1 aromatic heterocycles. The maximum Gasteiger partial charge on any atom is 0.313 e. The summed E-state index contributed by atoms with van der Waals surface area (Å²) in [6, 6.07) is 17.2. The van der Waals surface area contributed by atoms with Crippen LogP contribution in [0.25, 0.3) is 11.4 Å². The molecule has 0 bridgehead atoms. The summed E-state index contributed by atoms with van der Waals surface area (Å²) in [6.07, 6.45) is 0.664. The number of ether oxygens (including phenoxy) is 1. The Bertz CT molecular complexity index is 831. The molecule has 3 aromatic rings. The van der Waals surface area contributed by atoms with E-state index < -0.39 is 0 Å². The summed E-state index contributed by atoms with van der Waals surface area (Å²) < 4.78 is 11.5. The van der Waals surface area contributed by atoms with E-state index in [2.05, 4.69) is 26.1 Å². The van der Waals surface area contributed by atoms with Crippen LogP contribution in [0.1, 0.15) is 30.7 Å². The van der Waals surface area contributed by atoms with Crippen molar-refractivity contribution < 1.29 is 14.1 Å². The second-order valence-electron chi connectivity index (χ2n) is 5.50. The lowest BCUT2D eigenvalue weighted by Gasteiger charge is -2.13. The van der Waals surface area contributed by atoms with Crippen molar-refractivity contribution in [1.82, 2.24) is 10.1 Å². The molecular weight excluding hydrogens is 384 g/mol. The largest absolute Gasteiger partial charge is 0.455 e. The summed E-state index contributed by atoms with van der Waals surface area (Å²) in [6.45, 7) is 1.92. The zero-order valence-corrected chi connectivity index (χ0v) is 15.3. The summed E-state index contributed by atoms with van der Waals surface area (Å²) in [4.78, 5) is 16.6. The lowest BCUT2D eigenvalue weighted by atomic mass is 9.97. The van der Waals surface area contributed by atoms with Crippen molar-refractivity contribution in [2.45, 2.75) is 25.9 Å². The molecule has 0 aliphatic heterocycles. The van der Waals surface area contributed by atoms with E-state index in [1.165, 1.54) is 0 Å². The Kier molecular flexibility index (Phi) is 5.60. The van der Waals surface area contributed by atoms with Crippen molar-refractivity contribution in [2.75, 3.05) is 0 Å². The molecule has 5 nitrogen and oxygen atoms in total. The molecule has 128 valence electrons. The first-order valence-electron chi connectivity index (χ1n) is 7.97. The first-order valence-corrected chi connectivity index (χ1v) is 8.76. The van der Waals surface area contributed by atoms with Crippen LogP contribution in [0.3, 0.4) is 0 Å². The summed E-state index contributed by atoms with van der Waals surface area (Å²) in [7, 11) is 0. The summed E-state index contributed by atoms with van der Waals surface area (Å²) in [5.41, 5.74) is 1.77. The molecule has 0 unspecified atom stereocenters. The highest BCUT2D eigenvalue weighted by atomic mass is 79.9. The fourth-order valence-electron chi connectivity index (χ4n) is 2.49. The van der Waals surface area contributed by atoms with E-state index in [4.69, 9.17) is 9.26 Å². The van der Waals surface area contributed by atoms with E-state index in [1.54, 1.807) is 0 Å². The highest BCUT2D eigenvalue weighted by molar-refractivity contribution is 9.10. The van der Waals surface area contributed by atoms with Gasteiger partial charge in [0.25, 0.3) is 5.89 Å². The molecule has 0 saturated carbocycles. The minimum atomic E-state index is -0.296. The maximum atomic E-state index is 12.3. The number of carbonyl (C=O) groups is 1.